The quantitative estimate of drug-likeness (QED) is 0.410. The summed E-state index contributed by atoms with van der Waals surface area (Å²) in [5.74, 6) is -0.934. The molecule has 11 heteroatoms. The van der Waals surface area contributed by atoms with E-state index in [0.717, 1.165) is 29.5 Å². The number of carboxylic acid groups (broad SMARTS) is 1. The number of nitrogens with zero attached hydrogens (tertiary/aromatic N) is 3. The molecule has 2 aromatic carbocycles. The van der Waals surface area contributed by atoms with E-state index in [-0.39, 0.29) is 22.8 Å². The number of carboxylic acids is 1. The van der Waals surface area contributed by atoms with Gasteiger partial charge in [0.15, 0.2) is 0 Å². The van der Waals surface area contributed by atoms with Gasteiger partial charge in [-0.2, -0.15) is 23.1 Å². The molecule has 1 spiro atoms. The van der Waals surface area contributed by atoms with Crippen molar-refractivity contribution in [1.29, 1.82) is 0 Å². The second kappa shape index (κ2) is 10.4. The van der Waals surface area contributed by atoms with Crippen molar-refractivity contribution in [2.24, 2.45) is 5.41 Å². The Bertz CT molecular complexity index is 1340. The number of ether oxygens (including phenoxy) is 1. The van der Waals surface area contributed by atoms with Gasteiger partial charge in [-0.3, -0.25) is 4.79 Å². The fourth-order valence-electron chi connectivity index (χ4n) is 5.45. The van der Waals surface area contributed by atoms with E-state index in [1.165, 1.54) is 18.2 Å². The Balaban J connectivity index is 1.32. The van der Waals surface area contributed by atoms with Gasteiger partial charge in [0.2, 0.25) is 17.9 Å². The fraction of sp³-hybridized carbons (Fsp3) is 0.393. The van der Waals surface area contributed by atoms with Crippen LogP contribution in [-0.2, 0) is 4.79 Å². The van der Waals surface area contributed by atoms with Crippen LogP contribution in [0.4, 0.5) is 24.9 Å². The number of alkyl halides is 3. The van der Waals surface area contributed by atoms with Crippen molar-refractivity contribution in [2.45, 2.75) is 44.5 Å². The molecule has 0 radical (unpaired) electrons. The van der Waals surface area contributed by atoms with Gasteiger partial charge >= 0.3 is 12.1 Å². The second-order valence-corrected chi connectivity index (χ2v) is 10.4. The topological polar surface area (TPSA) is 114 Å². The van der Waals surface area contributed by atoms with Gasteiger partial charge in [-0.1, -0.05) is 54.1 Å². The van der Waals surface area contributed by atoms with Crippen molar-refractivity contribution in [1.82, 2.24) is 15.3 Å². The highest BCUT2D eigenvalue weighted by Gasteiger charge is 2.45. The van der Waals surface area contributed by atoms with Gasteiger partial charge in [0.1, 0.15) is 11.9 Å². The molecule has 0 amide bonds. The maximum atomic E-state index is 14.1. The van der Waals surface area contributed by atoms with Crippen molar-refractivity contribution in [3.63, 3.8) is 0 Å². The molecule has 5 rings (SSSR count). The Labute approximate surface area is 224 Å². The maximum absolute atomic E-state index is 14.1. The van der Waals surface area contributed by atoms with E-state index >= 15 is 0 Å². The number of carbonyl (C=O) groups is 1. The number of nitrogens with one attached hydrogen (secondary N) is 1. The van der Waals surface area contributed by atoms with Gasteiger partial charge < -0.3 is 25.8 Å². The fourth-order valence-corrected chi connectivity index (χ4v) is 5.45. The summed E-state index contributed by atoms with van der Waals surface area (Å²) >= 11 is 0. The van der Waals surface area contributed by atoms with Gasteiger partial charge in [0.05, 0.1) is 0 Å². The lowest BCUT2D eigenvalue weighted by molar-refractivity contribution is -0.198. The molecule has 3 heterocycles. The van der Waals surface area contributed by atoms with Crippen LogP contribution in [0.2, 0.25) is 0 Å². The van der Waals surface area contributed by atoms with Gasteiger partial charge in [0, 0.05) is 31.3 Å². The zero-order valence-electron chi connectivity index (χ0n) is 21.4. The third kappa shape index (κ3) is 5.93. The molecular weight excluding hydrogens is 511 g/mol. The first-order chi connectivity index (χ1) is 18.5. The number of anilines is 2. The number of nitrogens with two attached hydrogens (primary N) is 1. The lowest BCUT2D eigenvalue weighted by atomic mass is 9.76. The number of halogens is 3. The number of rotatable bonds is 6. The molecule has 39 heavy (non-hydrogen) atoms. The number of piperidine rings is 1. The molecule has 0 aliphatic carbocycles. The van der Waals surface area contributed by atoms with Crippen LogP contribution in [0.25, 0.3) is 11.1 Å². The summed E-state index contributed by atoms with van der Waals surface area (Å²) in [6.07, 6.45) is -4.94. The molecule has 1 aromatic heterocycles. The lowest BCUT2D eigenvalue weighted by Crippen LogP contribution is -2.41. The number of benzene rings is 2. The minimum Gasteiger partial charge on any atom is -0.480 e. The third-order valence-electron chi connectivity index (χ3n) is 7.61. The Morgan fingerprint density at radius 2 is 1.85 bits per heavy atom. The zero-order valence-corrected chi connectivity index (χ0v) is 21.4. The molecule has 2 aliphatic heterocycles. The molecule has 0 bridgehead atoms. The Morgan fingerprint density at radius 1 is 1.13 bits per heavy atom. The van der Waals surface area contributed by atoms with Crippen LogP contribution in [0, 0.1) is 12.3 Å². The highest BCUT2D eigenvalue weighted by Crippen LogP contribution is 2.41. The summed E-state index contributed by atoms with van der Waals surface area (Å²) in [7, 11) is 0. The third-order valence-corrected chi connectivity index (χ3v) is 7.61. The van der Waals surface area contributed by atoms with Gasteiger partial charge in [-0.15, -0.1) is 0 Å². The predicted octanol–water partition coefficient (Wildman–Crippen LogP) is 4.75. The summed E-state index contributed by atoms with van der Waals surface area (Å²) in [6.45, 7) is 3.70. The molecule has 2 saturated heterocycles. The molecule has 1 unspecified atom stereocenters. The van der Waals surface area contributed by atoms with E-state index in [2.05, 4.69) is 15.3 Å². The largest absolute Gasteiger partial charge is 0.480 e. The van der Waals surface area contributed by atoms with Crippen molar-refractivity contribution in [3.05, 3.63) is 65.7 Å². The molecule has 4 N–H and O–H groups in total. The summed E-state index contributed by atoms with van der Waals surface area (Å²) in [6, 6.07) is 14.6. The minimum absolute atomic E-state index is 0.0562. The lowest BCUT2D eigenvalue weighted by Gasteiger charge is -2.39. The van der Waals surface area contributed by atoms with E-state index in [9.17, 15) is 23.1 Å². The van der Waals surface area contributed by atoms with Gasteiger partial charge in [-0.05, 0) is 42.7 Å². The molecule has 2 aliphatic rings. The van der Waals surface area contributed by atoms with E-state index < -0.39 is 24.3 Å². The number of hydrogen-bond donors (Lipinski definition) is 3. The first kappa shape index (κ1) is 26.7. The van der Waals surface area contributed by atoms with Crippen molar-refractivity contribution < 1.29 is 27.8 Å². The first-order valence-corrected chi connectivity index (χ1v) is 12.8. The van der Waals surface area contributed by atoms with Crippen molar-refractivity contribution in [3.8, 4) is 17.0 Å². The Hall–Kier alpha value is -3.86. The monoisotopic (exact) mass is 541 g/mol. The summed E-state index contributed by atoms with van der Waals surface area (Å²) in [4.78, 5) is 21.4. The first-order valence-electron chi connectivity index (χ1n) is 12.8. The van der Waals surface area contributed by atoms with Crippen LogP contribution < -0.4 is 20.7 Å². The number of nitrogen functional groups attached to an aromatic ring is 1. The summed E-state index contributed by atoms with van der Waals surface area (Å²) in [5, 5.41) is 12.4. The standard InChI is InChI=1S/C28H30F3N5O3/c1-17-3-2-4-20(13-17)18-5-7-19(8-6-18)24(28(29,30)31)39-23-14-22(34-26(32)35-23)36-11-9-27(10-12-36)15-21(25(37)38)33-16-27/h2-8,13-14,21,24,33H,9-12,15-16H2,1H3,(H,37,38)(H2,32,34,35)/t21-,24?/m0/s1. The highest BCUT2D eigenvalue weighted by atomic mass is 19.4. The number of aryl methyl sites for hydroxylation is 1. The molecule has 3 aromatic rings. The molecule has 2 atom stereocenters. The average Bonchev–Trinajstić information content (AvgIpc) is 3.31. The maximum Gasteiger partial charge on any atom is 0.429 e. The second-order valence-electron chi connectivity index (χ2n) is 10.4. The average molecular weight is 542 g/mol. The van der Waals surface area contributed by atoms with Crippen LogP contribution in [0.1, 0.15) is 36.5 Å². The zero-order chi connectivity index (χ0) is 27.8. The predicted molar refractivity (Wildman–Crippen MR) is 140 cm³/mol. The number of hydrogen-bond acceptors (Lipinski definition) is 7. The molecule has 0 saturated carbocycles. The molecular formula is C28H30F3N5O3. The van der Waals surface area contributed by atoms with Crippen molar-refractivity contribution >= 4 is 17.7 Å². The van der Waals surface area contributed by atoms with Crippen LogP contribution in [-0.4, -0.2) is 52.9 Å². The van der Waals surface area contributed by atoms with Gasteiger partial charge in [0.25, 0.3) is 0 Å². The summed E-state index contributed by atoms with van der Waals surface area (Å²) < 4.78 is 47.8. The van der Waals surface area contributed by atoms with Crippen LogP contribution in [0.5, 0.6) is 5.88 Å². The van der Waals surface area contributed by atoms with Crippen LogP contribution in [0.3, 0.4) is 0 Å². The van der Waals surface area contributed by atoms with E-state index in [1.807, 2.05) is 36.1 Å². The number of aliphatic carboxylic acids is 1. The van der Waals surface area contributed by atoms with Crippen LogP contribution >= 0.6 is 0 Å². The Kier molecular flexibility index (Phi) is 7.11. The van der Waals surface area contributed by atoms with E-state index in [4.69, 9.17) is 10.5 Å². The molecule has 206 valence electrons. The van der Waals surface area contributed by atoms with E-state index in [1.54, 1.807) is 12.1 Å². The molecule has 8 nitrogen and oxygen atoms in total. The highest BCUT2D eigenvalue weighted by molar-refractivity contribution is 5.74. The van der Waals surface area contributed by atoms with E-state index in [0.29, 0.717) is 31.9 Å². The smallest absolute Gasteiger partial charge is 0.429 e. The Morgan fingerprint density at radius 3 is 2.46 bits per heavy atom. The summed E-state index contributed by atoms with van der Waals surface area (Å²) in [5.41, 5.74) is 8.45. The van der Waals surface area contributed by atoms with Crippen LogP contribution in [0.15, 0.2) is 54.6 Å². The van der Waals surface area contributed by atoms with Gasteiger partial charge in [-0.25, -0.2) is 0 Å². The normalized spacial score (nSPS) is 19.7. The van der Waals surface area contributed by atoms with Crippen molar-refractivity contribution in [2.75, 3.05) is 30.3 Å². The molecule has 2 fully saturated rings. The SMILES string of the molecule is Cc1cccc(-c2ccc(C(Oc3cc(N4CCC5(CC4)CN[C@H](C(=O)O)C5)nc(N)n3)C(F)(F)F)cc2)c1. The number of aromatic nitrogens is 2. The minimum atomic E-state index is -4.70.